The second-order valence-corrected chi connectivity index (χ2v) is 4.36. The van der Waals surface area contributed by atoms with E-state index in [2.05, 4.69) is 41.4 Å². The van der Waals surface area contributed by atoms with Gasteiger partial charge in [-0.3, -0.25) is 4.98 Å². The lowest BCUT2D eigenvalue weighted by Gasteiger charge is -2.25. The van der Waals surface area contributed by atoms with Crippen molar-refractivity contribution in [3.05, 3.63) is 60.0 Å². The zero-order valence-electron chi connectivity index (χ0n) is 9.26. The van der Waals surface area contributed by atoms with E-state index in [-0.39, 0.29) is 0 Å². The second-order valence-electron chi connectivity index (χ2n) is 4.36. The van der Waals surface area contributed by atoms with Crippen LogP contribution in [-0.2, 0) is 0 Å². The summed E-state index contributed by atoms with van der Waals surface area (Å²) < 4.78 is 0. The van der Waals surface area contributed by atoms with Crippen molar-refractivity contribution in [1.29, 1.82) is 0 Å². The number of aromatic nitrogens is 1. The van der Waals surface area contributed by atoms with E-state index in [1.807, 2.05) is 12.3 Å². The Hall–Kier alpha value is -1.63. The SMILES string of the molecule is C1=CC(C2C=CC2)=C(c2ccccn2)CC1. The lowest BCUT2D eigenvalue weighted by atomic mass is 9.80. The van der Waals surface area contributed by atoms with Crippen molar-refractivity contribution in [3.63, 3.8) is 0 Å². The summed E-state index contributed by atoms with van der Waals surface area (Å²) in [5.41, 5.74) is 4.08. The molecule has 2 aliphatic carbocycles. The average molecular weight is 209 g/mol. The Bertz CT molecular complexity index is 465. The molecule has 0 saturated carbocycles. The molecule has 0 aromatic carbocycles. The van der Waals surface area contributed by atoms with Crippen molar-refractivity contribution < 1.29 is 0 Å². The van der Waals surface area contributed by atoms with E-state index in [0.29, 0.717) is 5.92 Å². The molecule has 80 valence electrons. The van der Waals surface area contributed by atoms with E-state index in [1.54, 1.807) is 0 Å². The van der Waals surface area contributed by atoms with Crippen LogP contribution in [0, 0.1) is 5.92 Å². The second kappa shape index (κ2) is 4.09. The maximum atomic E-state index is 4.48. The van der Waals surface area contributed by atoms with E-state index >= 15 is 0 Å². The maximum absolute atomic E-state index is 4.48. The Morgan fingerprint density at radius 3 is 2.81 bits per heavy atom. The highest BCUT2D eigenvalue weighted by Gasteiger charge is 2.20. The first kappa shape index (κ1) is 9.59. The van der Waals surface area contributed by atoms with Crippen LogP contribution in [0.2, 0.25) is 0 Å². The zero-order valence-corrected chi connectivity index (χ0v) is 9.26. The quantitative estimate of drug-likeness (QED) is 0.676. The molecule has 0 N–H and O–H groups in total. The Morgan fingerprint density at radius 1 is 1.19 bits per heavy atom. The third kappa shape index (κ3) is 1.63. The Kier molecular flexibility index (Phi) is 2.45. The van der Waals surface area contributed by atoms with Crippen LogP contribution in [-0.4, -0.2) is 4.98 Å². The maximum Gasteiger partial charge on any atom is 0.0664 e. The largest absolute Gasteiger partial charge is 0.257 e. The number of allylic oxidation sites excluding steroid dienone is 6. The fourth-order valence-electron chi connectivity index (χ4n) is 2.35. The van der Waals surface area contributed by atoms with Gasteiger partial charge < -0.3 is 0 Å². The molecule has 0 amide bonds. The van der Waals surface area contributed by atoms with Gasteiger partial charge in [0.15, 0.2) is 0 Å². The summed E-state index contributed by atoms with van der Waals surface area (Å²) in [4.78, 5) is 4.48. The van der Waals surface area contributed by atoms with Gasteiger partial charge in [-0.1, -0.05) is 30.4 Å². The van der Waals surface area contributed by atoms with Gasteiger partial charge in [0.1, 0.15) is 0 Å². The van der Waals surface area contributed by atoms with E-state index in [4.69, 9.17) is 0 Å². The number of pyridine rings is 1. The van der Waals surface area contributed by atoms with Crippen LogP contribution in [0.4, 0.5) is 0 Å². The van der Waals surface area contributed by atoms with Crippen LogP contribution in [0.25, 0.3) is 5.57 Å². The Morgan fingerprint density at radius 2 is 2.12 bits per heavy atom. The molecule has 1 aromatic heterocycles. The van der Waals surface area contributed by atoms with Gasteiger partial charge in [-0.25, -0.2) is 0 Å². The van der Waals surface area contributed by atoms with Crippen molar-refractivity contribution in [2.75, 3.05) is 0 Å². The summed E-state index contributed by atoms with van der Waals surface area (Å²) in [6, 6.07) is 6.17. The molecule has 0 spiro atoms. The van der Waals surface area contributed by atoms with Gasteiger partial charge in [-0.15, -0.1) is 0 Å². The number of hydrogen-bond acceptors (Lipinski definition) is 1. The van der Waals surface area contributed by atoms with Crippen LogP contribution < -0.4 is 0 Å². The molecule has 1 atom stereocenters. The van der Waals surface area contributed by atoms with Crippen molar-refractivity contribution in [2.24, 2.45) is 5.92 Å². The fourth-order valence-corrected chi connectivity index (χ4v) is 2.35. The normalized spacial score (nSPS) is 23.4. The van der Waals surface area contributed by atoms with Gasteiger partial charge in [-0.05, 0) is 42.5 Å². The fraction of sp³-hybridized carbons (Fsp3) is 0.267. The Balaban J connectivity index is 2.04. The summed E-state index contributed by atoms with van der Waals surface area (Å²) in [5.74, 6) is 0.633. The molecule has 1 heteroatoms. The molecule has 0 saturated heterocycles. The summed E-state index contributed by atoms with van der Waals surface area (Å²) in [6.45, 7) is 0. The van der Waals surface area contributed by atoms with Crippen LogP contribution in [0.15, 0.2) is 54.3 Å². The van der Waals surface area contributed by atoms with Gasteiger partial charge in [-0.2, -0.15) is 0 Å². The standard InChI is InChI=1S/C15H15N/c1-2-9-14(15-10-3-4-11-16-15)13(8-1)12-6-5-7-12/h1,3-6,8,10-12H,2,7,9H2. The average Bonchev–Trinajstić information content (AvgIpc) is 2.29. The van der Waals surface area contributed by atoms with Crippen molar-refractivity contribution in [3.8, 4) is 0 Å². The molecule has 0 radical (unpaired) electrons. The lowest BCUT2D eigenvalue weighted by Crippen LogP contribution is -2.10. The van der Waals surface area contributed by atoms with Crippen LogP contribution in [0.3, 0.4) is 0 Å². The first-order valence-electron chi connectivity index (χ1n) is 5.93. The molecule has 1 nitrogen and oxygen atoms in total. The topological polar surface area (TPSA) is 12.9 Å². The van der Waals surface area contributed by atoms with E-state index in [9.17, 15) is 0 Å². The van der Waals surface area contributed by atoms with E-state index < -0.39 is 0 Å². The molecule has 1 unspecified atom stereocenters. The number of hydrogen-bond donors (Lipinski definition) is 0. The van der Waals surface area contributed by atoms with Crippen molar-refractivity contribution in [1.82, 2.24) is 4.98 Å². The van der Waals surface area contributed by atoms with Gasteiger partial charge in [0, 0.05) is 12.1 Å². The summed E-state index contributed by atoms with van der Waals surface area (Å²) in [5, 5.41) is 0. The summed E-state index contributed by atoms with van der Waals surface area (Å²) >= 11 is 0. The van der Waals surface area contributed by atoms with Gasteiger partial charge in [0.2, 0.25) is 0 Å². The van der Waals surface area contributed by atoms with Crippen LogP contribution in [0.1, 0.15) is 25.0 Å². The molecule has 0 aliphatic heterocycles. The minimum atomic E-state index is 0.633. The number of rotatable bonds is 2. The van der Waals surface area contributed by atoms with Crippen molar-refractivity contribution in [2.45, 2.75) is 19.3 Å². The van der Waals surface area contributed by atoms with E-state index in [1.165, 1.54) is 17.6 Å². The molecular weight excluding hydrogens is 194 g/mol. The van der Waals surface area contributed by atoms with Gasteiger partial charge in [0.05, 0.1) is 5.69 Å². The van der Waals surface area contributed by atoms with Gasteiger partial charge >= 0.3 is 0 Å². The molecule has 16 heavy (non-hydrogen) atoms. The number of nitrogens with zero attached hydrogens (tertiary/aromatic N) is 1. The summed E-state index contributed by atoms with van der Waals surface area (Å²) in [6.07, 6.45) is 14.5. The highest BCUT2D eigenvalue weighted by atomic mass is 14.7. The smallest absolute Gasteiger partial charge is 0.0664 e. The van der Waals surface area contributed by atoms with Crippen LogP contribution in [0.5, 0.6) is 0 Å². The minimum absolute atomic E-state index is 0.633. The van der Waals surface area contributed by atoms with Crippen molar-refractivity contribution >= 4 is 5.57 Å². The predicted molar refractivity (Wildman–Crippen MR) is 66.8 cm³/mol. The van der Waals surface area contributed by atoms with E-state index in [0.717, 1.165) is 18.5 Å². The summed E-state index contributed by atoms with van der Waals surface area (Å²) in [7, 11) is 0. The molecule has 0 bridgehead atoms. The van der Waals surface area contributed by atoms with Gasteiger partial charge in [0.25, 0.3) is 0 Å². The molecule has 1 aromatic rings. The Labute approximate surface area is 96.2 Å². The molecule has 1 heterocycles. The zero-order chi connectivity index (χ0) is 10.8. The van der Waals surface area contributed by atoms with Crippen LogP contribution >= 0.6 is 0 Å². The minimum Gasteiger partial charge on any atom is -0.257 e. The monoisotopic (exact) mass is 209 g/mol. The highest BCUT2D eigenvalue weighted by Crippen LogP contribution is 2.36. The molecular formula is C15H15N. The first-order chi connectivity index (χ1) is 7.95. The molecule has 3 rings (SSSR count). The predicted octanol–water partition coefficient (Wildman–Crippen LogP) is 3.76. The lowest BCUT2D eigenvalue weighted by molar-refractivity contribution is 0.721. The third-order valence-electron chi connectivity index (χ3n) is 3.34. The molecule has 2 aliphatic rings. The first-order valence-corrected chi connectivity index (χ1v) is 5.93. The molecule has 0 fully saturated rings. The third-order valence-corrected chi connectivity index (χ3v) is 3.34. The highest BCUT2D eigenvalue weighted by molar-refractivity contribution is 5.71.